The number of aromatic amines is 1. The number of amides is 1. The third kappa shape index (κ3) is 1.65. The van der Waals surface area contributed by atoms with Crippen LogP contribution < -0.4 is 11.1 Å². The molecular formula is C10H15N3O. The Kier molecular flexibility index (Phi) is 2.29. The van der Waals surface area contributed by atoms with Crippen molar-refractivity contribution in [3.05, 3.63) is 24.0 Å². The van der Waals surface area contributed by atoms with Gasteiger partial charge in [0.25, 0.3) is 0 Å². The molecule has 1 heterocycles. The lowest BCUT2D eigenvalue weighted by atomic mass is 9.77. The third-order valence-corrected chi connectivity index (χ3v) is 2.81. The Morgan fingerprint density at radius 3 is 2.93 bits per heavy atom. The summed E-state index contributed by atoms with van der Waals surface area (Å²) in [6.45, 7) is 0.557. The lowest BCUT2D eigenvalue weighted by molar-refractivity contribution is -0.129. The summed E-state index contributed by atoms with van der Waals surface area (Å²) in [5, 5.41) is 2.84. The fourth-order valence-corrected chi connectivity index (χ4v) is 1.61. The molecule has 4 nitrogen and oxygen atoms in total. The first-order chi connectivity index (χ1) is 6.71. The van der Waals surface area contributed by atoms with Gasteiger partial charge in [0.15, 0.2) is 0 Å². The number of nitrogens with two attached hydrogens (primary N) is 1. The van der Waals surface area contributed by atoms with E-state index in [2.05, 4.69) is 10.3 Å². The molecule has 0 unspecified atom stereocenters. The number of hydrogen-bond acceptors (Lipinski definition) is 2. The van der Waals surface area contributed by atoms with E-state index in [1.807, 2.05) is 18.5 Å². The average Bonchev–Trinajstić information content (AvgIpc) is 2.62. The maximum Gasteiger partial charge on any atom is 0.240 e. The van der Waals surface area contributed by atoms with Crippen LogP contribution in [0.3, 0.4) is 0 Å². The van der Waals surface area contributed by atoms with Crippen molar-refractivity contribution in [3.63, 3.8) is 0 Å². The number of rotatable bonds is 3. The van der Waals surface area contributed by atoms with Gasteiger partial charge in [0.2, 0.25) is 5.91 Å². The molecule has 0 saturated heterocycles. The summed E-state index contributed by atoms with van der Waals surface area (Å²) in [5.41, 5.74) is 6.35. The van der Waals surface area contributed by atoms with Gasteiger partial charge >= 0.3 is 0 Å². The molecule has 76 valence electrons. The van der Waals surface area contributed by atoms with Crippen molar-refractivity contribution in [1.29, 1.82) is 0 Å². The Labute approximate surface area is 82.9 Å². The highest BCUT2D eigenvalue weighted by Crippen LogP contribution is 2.29. The molecule has 1 aromatic heterocycles. The normalized spacial score (nSPS) is 18.6. The fourth-order valence-electron chi connectivity index (χ4n) is 1.61. The predicted molar refractivity (Wildman–Crippen MR) is 53.4 cm³/mol. The van der Waals surface area contributed by atoms with E-state index >= 15 is 0 Å². The summed E-state index contributed by atoms with van der Waals surface area (Å²) in [4.78, 5) is 14.5. The van der Waals surface area contributed by atoms with Gasteiger partial charge in [0.05, 0.1) is 5.54 Å². The standard InChI is InChI=1S/C10H15N3O/c11-10(3-1-4-10)9(14)13-7-8-2-5-12-6-8/h2,5-6,12H,1,3-4,7,11H2,(H,13,14). The Balaban J connectivity index is 1.84. The van der Waals surface area contributed by atoms with E-state index in [-0.39, 0.29) is 5.91 Å². The maximum absolute atomic E-state index is 11.6. The number of aromatic nitrogens is 1. The van der Waals surface area contributed by atoms with Crippen LogP contribution in [-0.2, 0) is 11.3 Å². The number of carbonyl (C=O) groups is 1. The van der Waals surface area contributed by atoms with Gasteiger partial charge in [-0.05, 0) is 30.9 Å². The minimum Gasteiger partial charge on any atom is -0.367 e. The van der Waals surface area contributed by atoms with Crippen molar-refractivity contribution in [1.82, 2.24) is 10.3 Å². The summed E-state index contributed by atoms with van der Waals surface area (Å²) in [6.07, 6.45) is 6.39. The van der Waals surface area contributed by atoms with Crippen LogP contribution in [-0.4, -0.2) is 16.4 Å². The molecule has 0 aromatic carbocycles. The van der Waals surface area contributed by atoms with Gasteiger partial charge in [-0.15, -0.1) is 0 Å². The molecule has 1 aliphatic carbocycles. The van der Waals surface area contributed by atoms with Gasteiger partial charge in [-0.25, -0.2) is 0 Å². The van der Waals surface area contributed by atoms with Crippen LogP contribution in [0, 0.1) is 0 Å². The van der Waals surface area contributed by atoms with Crippen molar-refractivity contribution in [2.75, 3.05) is 0 Å². The van der Waals surface area contributed by atoms with Crippen LogP contribution in [0.2, 0.25) is 0 Å². The molecule has 0 atom stereocenters. The minimum absolute atomic E-state index is 0.0232. The second-order valence-electron chi connectivity index (χ2n) is 3.91. The van der Waals surface area contributed by atoms with Crippen molar-refractivity contribution < 1.29 is 4.79 Å². The third-order valence-electron chi connectivity index (χ3n) is 2.81. The molecule has 1 amide bonds. The van der Waals surface area contributed by atoms with Crippen molar-refractivity contribution in [2.24, 2.45) is 5.73 Å². The number of H-pyrrole nitrogens is 1. The zero-order valence-corrected chi connectivity index (χ0v) is 8.05. The SMILES string of the molecule is NC1(C(=O)NCc2cc[nH]c2)CCC1. The van der Waals surface area contributed by atoms with Crippen LogP contribution >= 0.6 is 0 Å². The smallest absolute Gasteiger partial charge is 0.240 e. The van der Waals surface area contributed by atoms with Crippen molar-refractivity contribution >= 4 is 5.91 Å². The highest BCUT2D eigenvalue weighted by molar-refractivity contribution is 5.86. The lowest BCUT2D eigenvalue weighted by Gasteiger charge is -2.36. The molecule has 0 radical (unpaired) electrons. The van der Waals surface area contributed by atoms with Crippen molar-refractivity contribution in [3.8, 4) is 0 Å². The minimum atomic E-state index is -0.587. The van der Waals surface area contributed by atoms with Crippen LogP contribution in [0.25, 0.3) is 0 Å². The summed E-state index contributed by atoms with van der Waals surface area (Å²) < 4.78 is 0. The maximum atomic E-state index is 11.6. The van der Waals surface area contributed by atoms with Gasteiger partial charge in [-0.2, -0.15) is 0 Å². The number of nitrogens with one attached hydrogen (secondary N) is 2. The summed E-state index contributed by atoms with van der Waals surface area (Å²) in [5.74, 6) is -0.0232. The van der Waals surface area contributed by atoms with Gasteiger partial charge in [0, 0.05) is 18.9 Å². The van der Waals surface area contributed by atoms with E-state index in [9.17, 15) is 4.79 Å². The average molecular weight is 193 g/mol. The predicted octanol–water partition coefficient (Wildman–Crippen LogP) is 0.512. The second-order valence-corrected chi connectivity index (χ2v) is 3.91. The van der Waals surface area contributed by atoms with E-state index in [1.54, 1.807) is 0 Å². The summed E-state index contributed by atoms with van der Waals surface area (Å²) in [7, 11) is 0. The fraction of sp³-hybridized carbons (Fsp3) is 0.500. The monoisotopic (exact) mass is 193 g/mol. The molecular weight excluding hydrogens is 178 g/mol. The first kappa shape index (κ1) is 9.27. The van der Waals surface area contributed by atoms with E-state index in [4.69, 9.17) is 5.73 Å². The van der Waals surface area contributed by atoms with Gasteiger partial charge in [-0.3, -0.25) is 4.79 Å². The van der Waals surface area contributed by atoms with E-state index in [0.717, 1.165) is 24.8 Å². The molecule has 1 aromatic rings. The molecule has 4 N–H and O–H groups in total. The first-order valence-corrected chi connectivity index (χ1v) is 4.90. The molecule has 0 spiro atoms. The summed E-state index contributed by atoms with van der Waals surface area (Å²) in [6, 6.07) is 1.93. The highest BCUT2D eigenvalue weighted by atomic mass is 16.2. The quantitative estimate of drug-likeness (QED) is 0.654. The molecule has 14 heavy (non-hydrogen) atoms. The molecule has 4 heteroatoms. The van der Waals surface area contributed by atoms with E-state index in [0.29, 0.717) is 6.54 Å². The van der Waals surface area contributed by atoms with Crippen LogP contribution in [0.1, 0.15) is 24.8 Å². The highest BCUT2D eigenvalue weighted by Gasteiger charge is 2.39. The zero-order valence-electron chi connectivity index (χ0n) is 8.05. The Bertz CT molecular complexity index is 314. The van der Waals surface area contributed by atoms with Gasteiger partial charge < -0.3 is 16.0 Å². The summed E-state index contributed by atoms with van der Waals surface area (Å²) >= 11 is 0. The van der Waals surface area contributed by atoms with Crippen LogP contribution in [0.15, 0.2) is 18.5 Å². The Morgan fingerprint density at radius 2 is 2.43 bits per heavy atom. The molecule has 1 fully saturated rings. The Morgan fingerprint density at radius 1 is 1.64 bits per heavy atom. The van der Waals surface area contributed by atoms with Gasteiger partial charge in [0.1, 0.15) is 0 Å². The largest absolute Gasteiger partial charge is 0.367 e. The topological polar surface area (TPSA) is 70.9 Å². The second kappa shape index (κ2) is 3.46. The molecule has 0 aliphatic heterocycles. The lowest BCUT2D eigenvalue weighted by Crippen LogP contribution is -2.58. The number of hydrogen-bond donors (Lipinski definition) is 3. The van der Waals surface area contributed by atoms with E-state index in [1.165, 1.54) is 0 Å². The van der Waals surface area contributed by atoms with Crippen LogP contribution in [0.5, 0.6) is 0 Å². The van der Waals surface area contributed by atoms with E-state index < -0.39 is 5.54 Å². The van der Waals surface area contributed by atoms with Crippen LogP contribution in [0.4, 0.5) is 0 Å². The zero-order chi connectivity index (χ0) is 10.0. The van der Waals surface area contributed by atoms with Crippen molar-refractivity contribution in [2.45, 2.75) is 31.3 Å². The van der Waals surface area contributed by atoms with Gasteiger partial charge in [-0.1, -0.05) is 0 Å². The first-order valence-electron chi connectivity index (χ1n) is 4.90. The molecule has 0 bridgehead atoms. The number of carbonyl (C=O) groups excluding carboxylic acids is 1. The Hall–Kier alpha value is -1.29. The molecule has 2 rings (SSSR count). The molecule has 1 saturated carbocycles. The molecule has 1 aliphatic rings.